The summed E-state index contributed by atoms with van der Waals surface area (Å²) in [4.78, 5) is 2.45. The fourth-order valence-corrected chi connectivity index (χ4v) is 1.68. The molecule has 1 fully saturated rings. The Balaban J connectivity index is 2.31. The van der Waals surface area contributed by atoms with Gasteiger partial charge in [-0.15, -0.1) is 0 Å². The number of rotatable bonds is 2. The zero-order valence-corrected chi connectivity index (χ0v) is 8.51. The fraction of sp³-hybridized carbons (Fsp3) is 0.636. The molecule has 0 aromatic heterocycles. The molecule has 0 spiro atoms. The van der Waals surface area contributed by atoms with Crippen LogP contribution in [0.3, 0.4) is 0 Å². The third kappa shape index (κ3) is 3.61. The van der Waals surface area contributed by atoms with E-state index in [1.807, 2.05) is 0 Å². The number of hydrogen-bond acceptors (Lipinski definition) is 2. The highest BCUT2D eigenvalue weighted by Crippen LogP contribution is 2.16. The maximum absolute atomic E-state index is 8.49. The molecule has 2 nitrogen and oxygen atoms in total. The summed E-state index contributed by atoms with van der Waals surface area (Å²) in [6, 6.07) is 2.11. The molecule has 1 radical (unpaired) electrons. The first-order chi connectivity index (χ1) is 6.22. The van der Waals surface area contributed by atoms with Gasteiger partial charge in [0.2, 0.25) is 0 Å². The molecule has 0 bridgehead atoms. The van der Waals surface area contributed by atoms with Crippen LogP contribution in [0.4, 0.5) is 0 Å². The molecular formula is C11H17N2. The van der Waals surface area contributed by atoms with Crippen LogP contribution in [0.5, 0.6) is 0 Å². The van der Waals surface area contributed by atoms with Crippen molar-refractivity contribution in [3.8, 4) is 6.07 Å². The van der Waals surface area contributed by atoms with Crippen LogP contribution in [0, 0.1) is 17.2 Å². The monoisotopic (exact) mass is 177 g/mol. The Morgan fingerprint density at radius 2 is 2.08 bits per heavy atom. The zero-order chi connectivity index (χ0) is 9.68. The highest BCUT2D eigenvalue weighted by atomic mass is 15.1. The van der Waals surface area contributed by atoms with Gasteiger partial charge in [0.25, 0.3) is 0 Å². The molecule has 1 rings (SSSR count). The second kappa shape index (κ2) is 5.04. The van der Waals surface area contributed by atoms with Gasteiger partial charge in [-0.05, 0) is 18.8 Å². The van der Waals surface area contributed by atoms with E-state index in [1.54, 1.807) is 6.08 Å². The van der Waals surface area contributed by atoms with Gasteiger partial charge in [0.05, 0.1) is 6.07 Å². The van der Waals surface area contributed by atoms with Gasteiger partial charge < -0.3 is 4.90 Å². The van der Waals surface area contributed by atoms with Gasteiger partial charge in [0, 0.05) is 25.7 Å². The standard InChI is InChI=1S/C11H17N2/c1-10(2)9-13-7-4-11(3-6-12)5-8-13/h3H,4-5,7-9H2,1-2H3. The van der Waals surface area contributed by atoms with Crippen LogP contribution in [0.1, 0.15) is 26.7 Å². The van der Waals surface area contributed by atoms with Crippen molar-refractivity contribution in [3.63, 3.8) is 0 Å². The van der Waals surface area contributed by atoms with Gasteiger partial charge >= 0.3 is 0 Å². The largest absolute Gasteiger partial charge is 0.302 e. The number of likely N-dealkylation sites (tertiary alicyclic amines) is 1. The molecule has 1 saturated heterocycles. The van der Waals surface area contributed by atoms with Crippen LogP contribution in [-0.4, -0.2) is 24.5 Å². The van der Waals surface area contributed by atoms with Gasteiger partial charge in [0.15, 0.2) is 0 Å². The van der Waals surface area contributed by atoms with Gasteiger partial charge in [-0.25, -0.2) is 0 Å². The van der Waals surface area contributed by atoms with Gasteiger partial charge in [-0.1, -0.05) is 19.4 Å². The molecule has 71 valence electrons. The highest BCUT2D eigenvalue weighted by Gasteiger charge is 2.14. The Morgan fingerprint density at radius 3 is 2.54 bits per heavy atom. The lowest BCUT2D eigenvalue weighted by Gasteiger charge is -2.29. The Morgan fingerprint density at radius 1 is 1.46 bits per heavy atom. The lowest BCUT2D eigenvalue weighted by Crippen LogP contribution is -2.33. The third-order valence-electron chi connectivity index (χ3n) is 2.31. The molecule has 1 aliphatic rings. The van der Waals surface area contributed by atoms with Gasteiger partial charge in [-0.3, -0.25) is 0 Å². The number of nitriles is 1. The fourth-order valence-electron chi connectivity index (χ4n) is 1.68. The van der Waals surface area contributed by atoms with Crippen LogP contribution in [0.25, 0.3) is 0 Å². The van der Waals surface area contributed by atoms with E-state index in [-0.39, 0.29) is 0 Å². The van der Waals surface area contributed by atoms with Crippen LogP contribution in [-0.2, 0) is 0 Å². The van der Waals surface area contributed by atoms with E-state index >= 15 is 0 Å². The molecular weight excluding hydrogens is 160 g/mol. The smallest absolute Gasteiger partial charge is 0.0911 e. The molecule has 1 aliphatic heterocycles. The summed E-state index contributed by atoms with van der Waals surface area (Å²) in [6.07, 6.45) is 3.85. The summed E-state index contributed by atoms with van der Waals surface area (Å²) in [5.74, 6) is 1.47. The lowest BCUT2D eigenvalue weighted by atomic mass is 10.0. The maximum Gasteiger partial charge on any atom is 0.0911 e. The predicted octanol–water partition coefficient (Wildman–Crippen LogP) is 2.15. The SMILES string of the molecule is C[C](C)CN1CCC(=CC#N)CC1. The number of nitrogens with zero attached hydrogens (tertiary/aromatic N) is 2. The molecule has 0 amide bonds. The molecule has 0 unspecified atom stereocenters. The molecule has 0 aromatic carbocycles. The molecule has 0 saturated carbocycles. The molecule has 1 heterocycles. The van der Waals surface area contributed by atoms with E-state index in [9.17, 15) is 0 Å². The Hall–Kier alpha value is -0.810. The predicted molar refractivity (Wildman–Crippen MR) is 54.0 cm³/mol. The van der Waals surface area contributed by atoms with Gasteiger partial charge in [0.1, 0.15) is 0 Å². The molecule has 0 aromatic rings. The lowest BCUT2D eigenvalue weighted by molar-refractivity contribution is 0.266. The van der Waals surface area contributed by atoms with E-state index in [1.165, 1.54) is 11.5 Å². The molecule has 13 heavy (non-hydrogen) atoms. The normalized spacial score (nSPS) is 18.8. The quantitative estimate of drug-likeness (QED) is 0.604. The second-order valence-corrected chi connectivity index (χ2v) is 3.91. The van der Waals surface area contributed by atoms with E-state index in [0.717, 1.165) is 32.5 Å². The molecule has 2 heteroatoms. The van der Waals surface area contributed by atoms with Gasteiger partial charge in [-0.2, -0.15) is 5.26 Å². The van der Waals surface area contributed by atoms with Crippen molar-refractivity contribution in [1.82, 2.24) is 4.90 Å². The zero-order valence-electron chi connectivity index (χ0n) is 8.51. The van der Waals surface area contributed by atoms with Crippen molar-refractivity contribution in [1.29, 1.82) is 5.26 Å². The van der Waals surface area contributed by atoms with Crippen molar-refractivity contribution in [3.05, 3.63) is 17.6 Å². The molecule has 0 N–H and O–H groups in total. The van der Waals surface area contributed by atoms with Crippen molar-refractivity contribution in [2.24, 2.45) is 0 Å². The maximum atomic E-state index is 8.49. The summed E-state index contributed by atoms with van der Waals surface area (Å²) >= 11 is 0. The van der Waals surface area contributed by atoms with Crippen molar-refractivity contribution in [2.45, 2.75) is 26.7 Å². The molecule has 0 aliphatic carbocycles. The van der Waals surface area contributed by atoms with E-state index in [0.29, 0.717) is 0 Å². The summed E-state index contributed by atoms with van der Waals surface area (Å²) < 4.78 is 0. The summed E-state index contributed by atoms with van der Waals surface area (Å²) in [6.45, 7) is 7.67. The van der Waals surface area contributed by atoms with Crippen LogP contribution >= 0.6 is 0 Å². The summed E-state index contributed by atoms with van der Waals surface area (Å²) in [7, 11) is 0. The van der Waals surface area contributed by atoms with Crippen LogP contribution < -0.4 is 0 Å². The van der Waals surface area contributed by atoms with E-state index in [2.05, 4.69) is 24.8 Å². The second-order valence-electron chi connectivity index (χ2n) is 3.91. The molecule has 0 atom stereocenters. The average molecular weight is 177 g/mol. The average Bonchev–Trinajstić information content (AvgIpc) is 2.08. The van der Waals surface area contributed by atoms with Crippen molar-refractivity contribution < 1.29 is 0 Å². The minimum absolute atomic E-state index is 1.07. The number of hydrogen-bond donors (Lipinski definition) is 0. The Kier molecular flexibility index (Phi) is 3.98. The number of piperidine rings is 1. The highest BCUT2D eigenvalue weighted by molar-refractivity contribution is 5.15. The van der Waals surface area contributed by atoms with Crippen LogP contribution in [0.2, 0.25) is 0 Å². The Bertz CT molecular complexity index is 213. The summed E-state index contributed by atoms with van der Waals surface area (Å²) in [5, 5.41) is 8.49. The summed E-state index contributed by atoms with van der Waals surface area (Å²) in [5.41, 5.74) is 1.31. The van der Waals surface area contributed by atoms with E-state index < -0.39 is 0 Å². The first kappa shape index (κ1) is 10.3. The van der Waals surface area contributed by atoms with Crippen molar-refractivity contribution in [2.75, 3.05) is 19.6 Å². The first-order valence-corrected chi connectivity index (χ1v) is 4.81. The Labute approximate surface area is 80.8 Å². The minimum Gasteiger partial charge on any atom is -0.302 e. The topological polar surface area (TPSA) is 27.0 Å². The van der Waals surface area contributed by atoms with Crippen LogP contribution in [0.15, 0.2) is 11.6 Å². The first-order valence-electron chi connectivity index (χ1n) is 4.81. The minimum atomic E-state index is 1.07. The van der Waals surface area contributed by atoms with E-state index in [4.69, 9.17) is 5.26 Å². The number of allylic oxidation sites excluding steroid dienone is 1. The third-order valence-corrected chi connectivity index (χ3v) is 2.31. The van der Waals surface area contributed by atoms with Crippen molar-refractivity contribution >= 4 is 0 Å².